The highest BCUT2D eigenvalue weighted by atomic mass is 32.1. The van der Waals surface area contributed by atoms with Gasteiger partial charge in [-0.1, -0.05) is 17.4 Å². The lowest BCUT2D eigenvalue weighted by Gasteiger charge is -2.17. The molecule has 132 valence electrons. The number of hydrogen-bond acceptors (Lipinski definition) is 7. The van der Waals surface area contributed by atoms with Gasteiger partial charge in [0.2, 0.25) is 5.82 Å². The molecule has 0 unspecified atom stereocenters. The van der Waals surface area contributed by atoms with Crippen LogP contribution < -0.4 is 14.4 Å². The average molecular weight is 362 g/mol. The maximum absolute atomic E-state index is 11.5. The molecule has 0 N–H and O–H groups in total. The molecule has 0 aliphatic rings. The third-order valence-corrected chi connectivity index (χ3v) is 4.46. The van der Waals surface area contributed by atoms with Crippen LogP contribution in [0.25, 0.3) is 4.96 Å². The van der Waals surface area contributed by atoms with Crippen molar-refractivity contribution in [3.05, 3.63) is 45.5 Å². The Hall–Kier alpha value is -2.81. The van der Waals surface area contributed by atoms with Crippen molar-refractivity contribution < 1.29 is 14.4 Å². The quantitative estimate of drug-likeness (QED) is 0.473. The van der Waals surface area contributed by atoms with Crippen molar-refractivity contribution in [1.29, 1.82) is 0 Å². The first kappa shape index (κ1) is 17.0. The molecule has 2 aromatic heterocycles. The topological polar surface area (TPSA) is 82.1 Å². The molecular weight excluding hydrogens is 344 g/mol. The maximum atomic E-state index is 11.5. The SMILES string of the molecule is CCOc1ccc(CN(C)c2nc3sccn3c2[N+](=O)[O-])cc1OC. The van der Waals surface area contributed by atoms with Crippen LogP contribution in [0.15, 0.2) is 29.8 Å². The van der Waals surface area contributed by atoms with E-state index >= 15 is 0 Å². The summed E-state index contributed by atoms with van der Waals surface area (Å²) in [6.45, 7) is 2.91. The highest BCUT2D eigenvalue weighted by Gasteiger charge is 2.26. The van der Waals surface area contributed by atoms with Crippen molar-refractivity contribution in [2.75, 3.05) is 25.7 Å². The average Bonchev–Trinajstić information content (AvgIpc) is 3.16. The summed E-state index contributed by atoms with van der Waals surface area (Å²) in [7, 11) is 3.36. The third-order valence-electron chi connectivity index (χ3n) is 3.70. The summed E-state index contributed by atoms with van der Waals surface area (Å²) in [4.78, 5) is 17.8. The summed E-state index contributed by atoms with van der Waals surface area (Å²) < 4.78 is 12.4. The number of methoxy groups -OCH3 is 1. The van der Waals surface area contributed by atoms with Crippen LogP contribution in [0.2, 0.25) is 0 Å². The molecule has 0 atom stereocenters. The molecule has 0 fully saturated rings. The van der Waals surface area contributed by atoms with E-state index in [2.05, 4.69) is 4.98 Å². The number of thiazole rings is 1. The van der Waals surface area contributed by atoms with Crippen LogP contribution in [0.4, 0.5) is 11.6 Å². The van der Waals surface area contributed by atoms with Gasteiger partial charge in [-0.15, -0.1) is 0 Å². The number of rotatable bonds is 7. The predicted molar refractivity (Wildman–Crippen MR) is 96.0 cm³/mol. The Kier molecular flexibility index (Phi) is 4.75. The first-order valence-electron chi connectivity index (χ1n) is 7.66. The van der Waals surface area contributed by atoms with Crippen LogP contribution >= 0.6 is 11.3 Å². The van der Waals surface area contributed by atoms with Crippen LogP contribution in [0.3, 0.4) is 0 Å². The Bertz CT molecular complexity index is 905. The summed E-state index contributed by atoms with van der Waals surface area (Å²) in [5, 5.41) is 13.2. The third kappa shape index (κ3) is 3.22. The van der Waals surface area contributed by atoms with Crippen LogP contribution in [-0.2, 0) is 6.54 Å². The monoisotopic (exact) mass is 362 g/mol. The van der Waals surface area contributed by atoms with E-state index in [1.165, 1.54) is 15.7 Å². The van der Waals surface area contributed by atoms with E-state index in [1.54, 1.807) is 30.6 Å². The Morgan fingerprint density at radius 1 is 1.40 bits per heavy atom. The van der Waals surface area contributed by atoms with E-state index in [9.17, 15) is 10.1 Å². The number of fused-ring (bicyclic) bond motifs is 1. The molecule has 0 bridgehead atoms. The largest absolute Gasteiger partial charge is 0.493 e. The molecule has 0 aliphatic carbocycles. The van der Waals surface area contributed by atoms with Gasteiger partial charge in [0.15, 0.2) is 11.5 Å². The van der Waals surface area contributed by atoms with Crippen molar-refractivity contribution >= 4 is 27.9 Å². The lowest BCUT2D eigenvalue weighted by Crippen LogP contribution is -2.18. The molecule has 3 aromatic rings. The Morgan fingerprint density at radius 2 is 2.20 bits per heavy atom. The fourth-order valence-corrected chi connectivity index (χ4v) is 3.33. The van der Waals surface area contributed by atoms with E-state index < -0.39 is 4.92 Å². The van der Waals surface area contributed by atoms with Crippen LogP contribution in [0.5, 0.6) is 11.5 Å². The molecule has 0 spiro atoms. The Labute approximate surface area is 148 Å². The van der Waals surface area contributed by atoms with Crippen LogP contribution in [-0.4, -0.2) is 35.1 Å². The molecular formula is C16H18N4O4S. The minimum atomic E-state index is -0.405. The molecule has 2 heterocycles. The van der Waals surface area contributed by atoms with Gasteiger partial charge in [0, 0.05) is 19.0 Å². The van der Waals surface area contributed by atoms with Gasteiger partial charge in [-0.05, 0) is 29.5 Å². The first-order valence-corrected chi connectivity index (χ1v) is 8.54. The van der Waals surface area contributed by atoms with Crippen LogP contribution in [0, 0.1) is 10.1 Å². The number of nitrogens with zero attached hydrogens (tertiary/aromatic N) is 4. The van der Waals surface area contributed by atoms with Gasteiger partial charge < -0.3 is 24.5 Å². The van der Waals surface area contributed by atoms with Crippen molar-refractivity contribution in [1.82, 2.24) is 9.38 Å². The highest BCUT2D eigenvalue weighted by Crippen LogP contribution is 2.33. The molecule has 0 amide bonds. The zero-order valence-corrected chi connectivity index (χ0v) is 14.9. The normalized spacial score (nSPS) is 10.8. The summed E-state index contributed by atoms with van der Waals surface area (Å²) in [5.74, 6) is 1.61. The molecule has 0 aliphatic heterocycles. The molecule has 0 saturated heterocycles. The molecule has 0 radical (unpaired) electrons. The second-order valence-corrected chi connectivity index (χ2v) is 6.22. The van der Waals surface area contributed by atoms with E-state index in [1.807, 2.05) is 25.1 Å². The minimum absolute atomic E-state index is 0.0309. The first-order chi connectivity index (χ1) is 12.0. The fraction of sp³-hybridized carbons (Fsp3) is 0.312. The molecule has 25 heavy (non-hydrogen) atoms. The van der Waals surface area contributed by atoms with Crippen molar-refractivity contribution in [3.8, 4) is 11.5 Å². The van der Waals surface area contributed by atoms with Gasteiger partial charge in [-0.25, -0.2) is 0 Å². The summed E-state index contributed by atoms with van der Waals surface area (Å²) in [6.07, 6.45) is 1.66. The zero-order valence-electron chi connectivity index (χ0n) is 14.1. The molecule has 8 nitrogen and oxygen atoms in total. The van der Waals surface area contributed by atoms with E-state index in [0.717, 1.165) is 5.56 Å². The second-order valence-electron chi connectivity index (χ2n) is 5.35. The molecule has 9 heteroatoms. The van der Waals surface area contributed by atoms with E-state index in [4.69, 9.17) is 9.47 Å². The number of anilines is 1. The maximum Gasteiger partial charge on any atom is 0.373 e. The Morgan fingerprint density at radius 3 is 2.88 bits per heavy atom. The predicted octanol–water partition coefficient (Wildman–Crippen LogP) is 3.35. The minimum Gasteiger partial charge on any atom is -0.493 e. The lowest BCUT2D eigenvalue weighted by molar-refractivity contribution is -0.389. The summed E-state index contributed by atoms with van der Waals surface area (Å²) in [5.41, 5.74) is 0.938. The zero-order chi connectivity index (χ0) is 18.0. The fourth-order valence-electron chi connectivity index (χ4n) is 2.62. The number of benzene rings is 1. The van der Waals surface area contributed by atoms with Crippen molar-refractivity contribution in [2.24, 2.45) is 0 Å². The second kappa shape index (κ2) is 6.98. The van der Waals surface area contributed by atoms with Gasteiger partial charge in [-0.3, -0.25) is 0 Å². The van der Waals surface area contributed by atoms with Gasteiger partial charge in [0.05, 0.1) is 13.7 Å². The summed E-state index contributed by atoms with van der Waals surface area (Å²) >= 11 is 1.36. The molecule has 1 aromatic carbocycles. The lowest BCUT2D eigenvalue weighted by atomic mass is 10.2. The van der Waals surface area contributed by atoms with E-state index in [-0.39, 0.29) is 5.82 Å². The van der Waals surface area contributed by atoms with Gasteiger partial charge >= 0.3 is 5.82 Å². The number of ether oxygens (including phenoxy) is 2. The van der Waals surface area contributed by atoms with Crippen molar-refractivity contribution in [2.45, 2.75) is 13.5 Å². The van der Waals surface area contributed by atoms with Crippen molar-refractivity contribution in [3.63, 3.8) is 0 Å². The smallest absolute Gasteiger partial charge is 0.373 e. The Balaban J connectivity index is 1.90. The number of imidazole rings is 1. The molecule has 0 saturated carbocycles. The van der Waals surface area contributed by atoms with Gasteiger partial charge in [0.1, 0.15) is 6.20 Å². The highest BCUT2D eigenvalue weighted by molar-refractivity contribution is 7.15. The number of hydrogen-bond donors (Lipinski definition) is 0. The number of nitro groups is 1. The number of aromatic nitrogens is 2. The van der Waals surface area contributed by atoms with E-state index in [0.29, 0.717) is 35.4 Å². The van der Waals surface area contributed by atoms with Gasteiger partial charge in [0.25, 0.3) is 4.96 Å². The molecule has 3 rings (SSSR count). The van der Waals surface area contributed by atoms with Crippen LogP contribution in [0.1, 0.15) is 12.5 Å². The standard InChI is InChI=1S/C16H18N4O4S/c1-4-24-12-6-5-11(9-13(12)23-3)10-18(2)14-15(20(21)22)19-7-8-25-16(19)17-14/h5-9H,4,10H2,1-3H3. The van der Waals surface area contributed by atoms with Gasteiger partial charge in [-0.2, -0.15) is 9.38 Å². The summed E-state index contributed by atoms with van der Waals surface area (Å²) in [6, 6.07) is 5.62.